The highest BCUT2D eigenvalue weighted by Gasteiger charge is 2.22. The third kappa shape index (κ3) is 4.27. The van der Waals surface area contributed by atoms with Crippen LogP contribution in [0.2, 0.25) is 0 Å². The van der Waals surface area contributed by atoms with Crippen LogP contribution in [0, 0.1) is 6.92 Å². The van der Waals surface area contributed by atoms with Crippen LogP contribution in [0.3, 0.4) is 0 Å². The summed E-state index contributed by atoms with van der Waals surface area (Å²) in [6.45, 7) is 8.38. The Morgan fingerprint density at radius 2 is 1.94 bits per heavy atom. The number of rotatable bonds is 6. The van der Waals surface area contributed by atoms with Crippen molar-refractivity contribution in [2.45, 2.75) is 33.6 Å². The smallest absolute Gasteiger partial charge is 0.358 e. The fourth-order valence-corrected chi connectivity index (χ4v) is 4.10. The topological polar surface area (TPSA) is 69.9 Å². The van der Waals surface area contributed by atoms with Gasteiger partial charge in [0, 0.05) is 11.6 Å². The van der Waals surface area contributed by atoms with E-state index in [2.05, 4.69) is 35.5 Å². The van der Waals surface area contributed by atoms with Crippen LogP contribution in [0.4, 0.5) is 0 Å². The molecule has 0 unspecified atom stereocenters. The number of aromatic nitrogens is 4. The third-order valence-corrected chi connectivity index (χ3v) is 5.64. The van der Waals surface area contributed by atoms with Crippen LogP contribution < -0.4 is 0 Å². The standard InChI is InChI=1S/C24H24N4O2S/c1-5-30-24(29)19-14-21(28(26-19)20-12-7-6-11-18(20)15(2)3)23-25-22(27-31-23)17-10-8-9-16(4)13-17/h6-15H,5H2,1-4H3. The lowest BCUT2D eigenvalue weighted by Crippen LogP contribution is -2.08. The summed E-state index contributed by atoms with van der Waals surface area (Å²) >= 11 is 1.29. The molecular weight excluding hydrogens is 408 g/mol. The molecule has 0 N–H and O–H groups in total. The zero-order valence-electron chi connectivity index (χ0n) is 18.0. The number of benzene rings is 2. The van der Waals surface area contributed by atoms with Gasteiger partial charge in [0.15, 0.2) is 16.5 Å². The van der Waals surface area contributed by atoms with Gasteiger partial charge in [-0.3, -0.25) is 0 Å². The molecule has 6 nitrogen and oxygen atoms in total. The Labute approximate surface area is 185 Å². The average molecular weight is 433 g/mol. The van der Waals surface area contributed by atoms with E-state index >= 15 is 0 Å². The lowest BCUT2D eigenvalue weighted by atomic mass is 10.0. The van der Waals surface area contributed by atoms with Crippen molar-refractivity contribution in [1.82, 2.24) is 19.1 Å². The largest absolute Gasteiger partial charge is 0.461 e. The first-order valence-electron chi connectivity index (χ1n) is 10.3. The van der Waals surface area contributed by atoms with Crippen molar-refractivity contribution in [3.8, 4) is 27.8 Å². The maximum Gasteiger partial charge on any atom is 0.358 e. The normalized spacial score (nSPS) is 11.1. The highest BCUT2D eigenvalue weighted by Crippen LogP contribution is 2.31. The molecule has 0 saturated heterocycles. The number of hydrogen-bond acceptors (Lipinski definition) is 6. The van der Waals surface area contributed by atoms with Crippen molar-refractivity contribution in [2.24, 2.45) is 0 Å². The maximum atomic E-state index is 12.4. The van der Waals surface area contributed by atoms with Crippen molar-refractivity contribution >= 4 is 17.5 Å². The molecule has 0 saturated carbocycles. The van der Waals surface area contributed by atoms with Gasteiger partial charge < -0.3 is 4.74 Å². The summed E-state index contributed by atoms with van der Waals surface area (Å²) in [6, 6.07) is 17.9. The van der Waals surface area contributed by atoms with Crippen LogP contribution in [-0.2, 0) is 4.74 Å². The van der Waals surface area contributed by atoms with E-state index in [9.17, 15) is 4.79 Å². The molecule has 4 rings (SSSR count). The average Bonchev–Trinajstić information content (AvgIpc) is 3.41. The second-order valence-corrected chi connectivity index (χ2v) is 8.31. The number of carbonyl (C=O) groups is 1. The van der Waals surface area contributed by atoms with Gasteiger partial charge in [0.1, 0.15) is 5.69 Å². The molecular formula is C24H24N4O2S. The van der Waals surface area contributed by atoms with E-state index in [-0.39, 0.29) is 11.6 Å². The van der Waals surface area contributed by atoms with Gasteiger partial charge >= 0.3 is 5.97 Å². The molecule has 31 heavy (non-hydrogen) atoms. The molecule has 0 atom stereocenters. The Bertz CT molecular complexity index is 1230. The van der Waals surface area contributed by atoms with Crippen molar-refractivity contribution in [3.05, 3.63) is 71.4 Å². The quantitative estimate of drug-likeness (QED) is 0.367. The van der Waals surface area contributed by atoms with Crippen molar-refractivity contribution in [1.29, 1.82) is 0 Å². The van der Waals surface area contributed by atoms with E-state index in [1.165, 1.54) is 11.5 Å². The fourth-order valence-electron chi connectivity index (χ4n) is 3.42. The fraction of sp³-hybridized carbons (Fsp3) is 0.250. The molecule has 0 aliphatic heterocycles. The highest BCUT2D eigenvalue weighted by atomic mass is 32.1. The summed E-state index contributed by atoms with van der Waals surface area (Å²) in [5, 5.41) is 5.29. The van der Waals surface area contributed by atoms with Gasteiger partial charge in [0.2, 0.25) is 0 Å². The van der Waals surface area contributed by atoms with Gasteiger partial charge in [0.05, 0.1) is 12.3 Å². The molecule has 2 aromatic heterocycles. The summed E-state index contributed by atoms with van der Waals surface area (Å²) in [4.78, 5) is 17.2. The van der Waals surface area contributed by atoms with Crippen molar-refractivity contribution in [2.75, 3.05) is 6.61 Å². The number of aryl methyl sites for hydroxylation is 1. The first-order chi connectivity index (χ1) is 15.0. The predicted octanol–water partition coefficient (Wildman–Crippen LogP) is 5.67. The zero-order chi connectivity index (χ0) is 22.0. The highest BCUT2D eigenvalue weighted by molar-refractivity contribution is 7.09. The molecule has 0 aliphatic carbocycles. The van der Waals surface area contributed by atoms with Gasteiger partial charge in [0.25, 0.3) is 0 Å². The van der Waals surface area contributed by atoms with Gasteiger partial charge in [-0.1, -0.05) is 55.8 Å². The van der Waals surface area contributed by atoms with Crippen molar-refractivity contribution in [3.63, 3.8) is 0 Å². The van der Waals surface area contributed by atoms with Crippen LogP contribution in [0.15, 0.2) is 54.6 Å². The lowest BCUT2D eigenvalue weighted by Gasteiger charge is -2.14. The summed E-state index contributed by atoms with van der Waals surface area (Å²) < 4.78 is 11.5. The van der Waals surface area contributed by atoms with E-state index in [0.717, 1.165) is 22.4 Å². The van der Waals surface area contributed by atoms with E-state index in [4.69, 9.17) is 9.72 Å². The lowest BCUT2D eigenvalue weighted by molar-refractivity contribution is 0.0519. The van der Waals surface area contributed by atoms with Gasteiger partial charge in [-0.25, -0.2) is 14.5 Å². The molecule has 2 aromatic carbocycles. The molecule has 0 amide bonds. The van der Waals surface area contributed by atoms with E-state index in [1.807, 2.05) is 43.3 Å². The number of ether oxygens (including phenoxy) is 1. The number of hydrogen-bond donors (Lipinski definition) is 0. The minimum Gasteiger partial charge on any atom is -0.461 e. The van der Waals surface area contributed by atoms with Crippen LogP contribution in [0.1, 0.15) is 48.3 Å². The monoisotopic (exact) mass is 432 g/mol. The summed E-state index contributed by atoms with van der Waals surface area (Å²) in [7, 11) is 0. The minimum absolute atomic E-state index is 0.253. The van der Waals surface area contributed by atoms with E-state index in [0.29, 0.717) is 23.1 Å². The molecule has 0 aliphatic rings. The van der Waals surface area contributed by atoms with Gasteiger partial charge in [-0.15, -0.1) is 0 Å². The van der Waals surface area contributed by atoms with Crippen LogP contribution in [0.25, 0.3) is 27.8 Å². The molecule has 4 aromatic rings. The minimum atomic E-state index is -0.451. The predicted molar refractivity (Wildman–Crippen MR) is 123 cm³/mol. The van der Waals surface area contributed by atoms with E-state index < -0.39 is 5.97 Å². The molecule has 0 spiro atoms. The Kier molecular flexibility index (Phi) is 5.95. The molecule has 158 valence electrons. The Balaban J connectivity index is 1.85. The number of nitrogens with zero attached hydrogens (tertiary/aromatic N) is 4. The second-order valence-electron chi connectivity index (χ2n) is 7.55. The van der Waals surface area contributed by atoms with E-state index in [1.54, 1.807) is 17.7 Å². The summed E-state index contributed by atoms with van der Waals surface area (Å²) in [5.41, 5.74) is 5.12. The molecule has 2 heterocycles. The van der Waals surface area contributed by atoms with Crippen LogP contribution in [-0.4, -0.2) is 31.7 Å². The summed E-state index contributed by atoms with van der Waals surface area (Å²) in [6.07, 6.45) is 0. The Morgan fingerprint density at radius 3 is 2.68 bits per heavy atom. The summed E-state index contributed by atoms with van der Waals surface area (Å²) in [5.74, 6) is 0.496. The number of esters is 1. The van der Waals surface area contributed by atoms with Crippen LogP contribution >= 0.6 is 11.5 Å². The number of carbonyl (C=O) groups excluding carboxylic acids is 1. The Hall–Kier alpha value is -3.32. The molecule has 0 fully saturated rings. The van der Waals surface area contributed by atoms with Gasteiger partial charge in [-0.05, 0) is 49.0 Å². The number of para-hydroxylation sites is 1. The zero-order valence-corrected chi connectivity index (χ0v) is 18.8. The second kappa shape index (κ2) is 8.81. The first kappa shape index (κ1) is 20.9. The SMILES string of the molecule is CCOC(=O)c1cc(-c2nc(-c3cccc(C)c3)ns2)n(-c2ccccc2C(C)C)n1. The first-order valence-corrected chi connectivity index (χ1v) is 11.0. The van der Waals surface area contributed by atoms with Crippen molar-refractivity contribution < 1.29 is 9.53 Å². The molecule has 0 bridgehead atoms. The maximum absolute atomic E-state index is 12.4. The Morgan fingerprint density at radius 1 is 1.13 bits per heavy atom. The van der Waals surface area contributed by atoms with Gasteiger partial charge in [-0.2, -0.15) is 9.47 Å². The molecule has 0 radical (unpaired) electrons. The third-order valence-electron chi connectivity index (χ3n) is 4.90. The molecule has 7 heteroatoms. The van der Waals surface area contributed by atoms with Crippen LogP contribution in [0.5, 0.6) is 0 Å².